The van der Waals surface area contributed by atoms with E-state index in [2.05, 4.69) is 21.0 Å². The number of nitrogens with zero attached hydrogens (tertiary/aromatic N) is 3. The smallest absolute Gasteiger partial charge is 0.324 e. The first-order valence-electron chi connectivity index (χ1n) is 11.4. The van der Waals surface area contributed by atoms with E-state index in [4.69, 9.17) is 4.74 Å². The number of rotatable bonds is 5. The number of hydrogen-bond donors (Lipinski definition) is 3. The van der Waals surface area contributed by atoms with E-state index in [1.54, 1.807) is 31.5 Å². The van der Waals surface area contributed by atoms with E-state index in [9.17, 15) is 9.59 Å². The fourth-order valence-electron chi connectivity index (χ4n) is 4.55. The number of urea groups is 2. The van der Waals surface area contributed by atoms with Crippen LogP contribution in [0.2, 0.25) is 0 Å². The fraction of sp³-hybridized carbons (Fsp3) is 0.522. The van der Waals surface area contributed by atoms with E-state index in [1.807, 2.05) is 21.7 Å². The summed E-state index contributed by atoms with van der Waals surface area (Å²) in [6, 6.07) is 9.17. The summed E-state index contributed by atoms with van der Waals surface area (Å²) in [5.41, 5.74) is 0.593. The number of anilines is 2. The Kier molecular flexibility index (Phi) is 7.14. The number of aromatic nitrogens is 2. The third kappa shape index (κ3) is 5.33. The number of carbonyl (C=O) groups excluding carboxylic acids is 2. The van der Waals surface area contributed by atoms with Gasteiger partial charge >= 0.3 is 12.1 Å². The van der Waals surface area contributed by atoms with Crippen LogP contribution in [0.1, 0.15) is 51.0 Å². The molecule has 0 spiro atoms. The lowest BCUT2D eigenvalue weighted by Gasteiger charge is -2.34. The maximum Gasteiger partial charge on any atom is 0.324 e. The molecule has 2 aromatic rings. The van der Waals surface area contributed by atoms with Gasteiger partial charge in [0, 0.05) is 25.2 Å². The van der Waals surface area contributed by atoms with Crippen molar-refractivity contribution in [2.24, 2.45) is 0 Å². The molecule has 1 saturated heterocycles. The van der Waals surface area contributed by atoms with Crippen LogP contribution in [0.5, 0.6) is 5.75 Å². The predicted molar refractivity (Wildman–Crippen MR) is 123 cm³/mol. The van der Waals surface area contributed by atoms with Gasteiger partial charge < -0.3 is 20.3 Å². The second-order valence-corrected chi connectivity index (χ2v) is 8.44. The summed E-state index contributed by atoms with van der Waals surface area (Å²) < 4.78 is 7.13. The normalized spacial score (nSPS) is 17.6. The number of benzene rings is 1. The van der Waals surface area contributed by atoms with Gasteiger partial charge in [-0.1, -0.05) is 31.4 Å². The van der Waals surface area contributed by atoms with Crippen molar-refractivity contribution in [2.45, 2.75) is 57.0 Å². The first-order chi connectivity index (χ1) is 15.6. The van der Waals surface area contributed by atoms with Crippen LogP contribution >= 0.6 is 0 Å². The highest BCUT2D eigenvalue weighted by Gasteiger charge is 2.27. The number of nitrogens with one attached hydrogen (secondary N) is 3. The second kappa shape index (κ2) is 10.4. The molecule has 1 aliphatic carbocycles. The molecular formula is C23H32N6O3. The quantitative estimate of drug-likeness (QED) is 0.648. The van der Waals surface area contributed by atoms with Gasteiger partial charge in [0.15, 0.2) is 0 Å². The van der Waals surface area contributed by atoms with E-state index in [1.165, 1.54) is 19.3 Å². The molecule has 1 aromatic heterocycles. The lowest BCUT2D eigenvalue weighted by Crippen LogP contribution is -2.48. The van der Waals surface area contributed by atoms with Gasteiger partial charge in [-0.2, -0.15) is 5.10 Å². The Morgan fingerprint density at radius 2 is 1.75 bits per heavy atom. The van der Waals surface area contributed by atoms with Crippen LogP contribution in [-0.2, 0) is 0 Å². The minimum atomic E-state index is -0.361. The van der Waals surface area contributed by atoms with E-state index in [0.717, 1.165) is 25.7 Å². The molecule has 1 aliphatic heterocycles. The zero-order valence-corrected chi connectivity index (χ0v) is 18.5. The molecule has 0 radical (unpaired) electrons. The molecule has 2 aliphatic rings. The van der Waals surface area contributed by atoms with Gasteiger partial charge in [-0.25, -0.2) is 14.3 Å². The lowest BCUT2D eigenvalue weighted by atomic mass is 9.95. The number of hydrogen-bond acceptors (Lipinski definition) is 4. The Morgan fingerprint density at radius 1 is 1.00 bits per heavy atom. The van der Waals surface area contributed by atoms with Crippen molar-refractivity contribution in [1.29, 1.82) is 0 Å². The average molecular weight is 441 g/mol. The zero-order chi connectivity index (χ0) is 22.3. The van der Waals surface area contributed by atoms with Crippen molar-refractivity contribution < 1.29 is 14.3 Å². The number of ether oxygens (including phenoxy) is 1. The van der Waals surface area contributed by atoms with Crippen LogP contribution in [0, 0.1) is 0 Å². The van der Waals surface area contributed by atoms with E-state index in [-0.39, 0.29) is 18.1 Å². The number of carbonyl (C=O) groups is 2. The molecule has 32 heavy (non-hydrogen) atoms. The molecule has 2 fully saturated rings. The summed E-state index contributed by atoms with van der Waals surface area (Å²) in [5, 5.41) is 13.3. The highest BCUT2D eigenvalue weighted by Crippen LogP contribution is 2.27. The molecule has 0 bridgehead atoms. The van der Waals surface area contributed by atoms with Crippen molar-refractivity contribution >= 4 is 23.6 Å². The summed E-state index contributed by atoms with van der Waals surface area (Å²) in [5.74, 6) is 1.22. The molecule has 4 rings (SSSR count). The van der Waals surface area contributed by atoms with Gasteiger partial charge in [-0.3, -0.25) is 5.32 Å². The van der Waals surface area contributed by atoms with Gasteiger partial charge in [0.05, 0.1) is 25.0 Å². The van der Waals surface area contributed by atoms with Gasteiger partial charge in [-0.15, -0.1) is 0 Å². The van der Waals surface area contributed by atoms with Gasteiger partial charge in [0.2, 0.25) is 0 Å². The molecular weight excluding hydrogens is 408 g/mol. The molecule has 0 unspecified atom stereocenters. The van der Waals surface area contributed by atoms with Gasteiger partial charge in [-0.05, 0) is 37.8 Å². The van der Waals surface area contributed by atoms with Crippen molar-refractivity contribution in [3.8, 4) is 5.75 Å². The fourth-order valence-corrected chi connectivity index (χ4v) is 4.55. The molecule has 0 atom stereocenters. The second-order valence-electron chi connectivity index (χ2n) is 8.44. The average Bonchev–Trinajstić information content (AvgIpc) is 3.28. The number of piperidine rings is 1. The lowest BCUT2D eigenvalue weighted by molar-refractivity contribution is 0.163. The van der Waals surface area contributed by atoms with Gasteiger partial charge in [0.1, 0.15) is 11.6 Å². The Hall–Kier alpha value is -3.23. The number of methoxy groups -OCH3 is 1. The van der Waals surface area contributed by atoms with E-state index < -0.39 is 0 Å². The number of amides is 4. The highest BCUT2D eigenvalue weighted by molar-refractivity contribution is 6.00. The molecule has 2 heterocycles. The first kappa shape index (κ1) is 22.0. The maximum absolute atomic E-state index is 12.6. The summed E-state index contributed by atoms with van der Waals surface area (Å²) >= 11 is 0. The van der Waals surface area contributed by atoms with Crippen molar-refractivity contribution in [3.05, 3.63) is 36.5 Å². The predicted octanol–water partition coefficient (Wildman–Crippen LogP) is 4.21. The third-order valence-corrected chi connectivity index (χ3v) is 6.30. The van der Waals surface area contributed by atoms with Crippen LogP contribution < -0.4 is 20.7 Å². The summed E-state index contributed by atoms with van der Waals surface area (Å²) in [7, 11) is 1.56. The third-order valence-electron chi connectivity index (χ3n) is 6.30. The van der Waals surface area contributed by atoms with Crippen molar-refractivity contribution in [3.63, 3.8) is 0 Å². The van der Waals surface area contributed by atoms with Crippen LogP contribution in [0.3, 0.4) is 0 Å². The van der Waals surface area contributed by atoms with Crippen LogP contribution in [0.25, 0.3) is 0 Å². The molecule has 3 N–H and O–H groups in total. The van der Waals surface area contributed by atoms with Crippen LogP contribution in [0.4, 0.5) is 21.1 Å². The summed E-state index contributed by atoms with van der Waals surface area (Å²) in [6.07, 6.45) is 9.11. The van der Waals surface area contributed by atoms with E-state index >= 15 is 0 Å². The van der Waals surface area contributed by atoms with Crippen LogP contribution in [0.15, 0.2) is 36.5 Å². The Balaban J connectivity index is 1.30. The molecule has 4 amide bonds. The summed E-state index contributed by atoms with van der Waals surface area (Å²) in [6.45, 7) is 1.35. The Bertz CT molecular complexity index is 916. The zero-order valence-electron chi connectivity index (χ0n) is 18.5. The molecule has 9 nitrogen and oxygen atoms in total. The van der Waals surface area contributed by atoms with E-state index in [0.29, 0.717) is 36.4 Å². The monoisotopic (exact) mass is 440 g/mol. The minimum absolute atomic E-state index is 0.0466. The van der Waals surface area contributed by atoms with Crippen molar-refractivity contribution in [2.75, 3.05) is 30.8 Å². The largest absolute Gasteiger partial charge is 0.495 e. The number of para-hydroxylation sites is 2. The maximum atomic E-state index is 12.6. The first-order valence-corrected chi connectivity index (χ1v) is 11.4. The van der Waals surface area contributed by atoms with Crippen molar-refractivity contribution in [1.82, 2.24) is 20.0 Å². The topological polar surface area (TPSA) is 101 Å². The number of likely N-dealkylation sites (tertiary alicyclic amines) is 1. The molecule has 172 valence electrons. The standard InChI is InChI=1S/C23H32N6O3/c1-32-20-10-6-5-9-19(20)26-22(30)27-21-11-14-24-29(21)18-12-15-28(16-13-18)23(31)25-17-7-3-2-4-8-17/h5-6,9-11,14,17-18H,2-4,7-8,12-13,15-16H2,1H3,(H,25,31)(H2,26,27,30). The Morgan fingerprint density at radius 3 is 2.50 bits per heavy atom. The van der Waals surface area contributed by atoms with Gasteiger partial charge in [0.25, 0.3) is 0 Å². The highest BCUT2D eigenvalue weighted by atomic mass is 16.5. The Labute approximate surface area is 188 Å². The molecule has 1 saturated carbocycles. The SMILES string of the molecule is COc1ccccc1NC(=O)Nc1ccnn1C1CCN(C(=O)NC2CCCCC2)CC1. The minimum Gasteiger partial charge on any atom is -0.495 e. The molecule has 1 aromatic carbocycles. The summed E-state index contributed by atoms with van der Waals surface area (Å²) in [4.78, 5) is 27.0. The van der Waals surface area contributed by atoms with Crippen LogP contribution in [-0.4, -0.2) is 53.0 Å². The molecule has 9 heteroatoms.